The summed E-state index contributed by atoms with van der Waals surface area (Å²) in [5.74, 6) is 0.473. The van der Waals surface area contributed by atoms with Gasteiger partial charge in [-0.2, -0.15) is 0 Å². The quantitative estimate of drug-likeness (QED) is 0.676. The Labute approximate surface area is 90.5 Å². The van der Waals surface area contributed by atoms with Gasteiger partial charge in [-0.05, 0) is 13.3 Å². The second-order valence-corrected chi connectivity index (χ2v) is 4.42. The van der Waals surface area contributed by atoms with Crippen molar-refractivity contribution >= 4 is 5.78 Å². The highest BCUT2D eigenvalue weighted by Gasteiger charge is 2.27. The van der Waals surface area contributed by atoms with Crippen molar-refractivity contribution in [2.75, 3.05) is 39.5 Å². The SMILES string of the molecule is CC1COCCN1CC(=O)C1CCOC1. The molecule has 0 aromatic carbocycles. The third kappa shape index (κ3) is 2.77. The molecule has 2 aliphatic rings. The van der Waals surface area contributed by atoms with Crippen LogP contribution in [0.4, 0.5) is 0 Å². The van der Waals surface area contributed by atoms with Gasteiger partial charge in [0.15, 0.2) is 5.78 Å². The zero-order valence-electron chi connectivity index (χ0n) is 9.28. The minimum atomic E-state index is 0.139. The Hall–Kier alpha value is -0.450. The molecule has 0 N–H and O–H groups in total. The van der Waals surface area contributed by atoms with Gasteiger partial charge in [-0.15, -0.1) is 0 Å². The maximum absolute atomic E-state index is 11.9. The van der Waals surface area contributed by atoms with Crippen molar-refractivity contribution in [1.29, 1.82) is 0 Å². The number of ether oxygens (including phenoxy) is 2. The van der Waals surface area contributed by atoms with E-state index in [2.05, 4.69) is 11.8 Å². The van der Waals surface area contributed by atoms with Gasteiger partial charge in [0.1, 0.15) is 0 Å². The monoisotopic (exact) mass is 213 g/mol. The Kier molecular flexibility index (Phi) is 3.72. The third-order valence-corrected chi connectivity index (χ3v) is 3.25. The van der Waals surface area contributed by atoms with Crippen LogP contribution in [-0.4, -0.2) is 56.2 Å². The molecule has 2 saturated heterocycles. The predicted octanol–water partition coefficient (Wildman–Crippen LogP) is 0.313. The maximum atomic E-state index is 11.9. The largest absolute Gasteiger partial charge is 0.381 e. The molecule has 0 amide bonds. The van der Waals surface area contributed by atoms with Gasteiger partial charge in [-0.1, -0.05) is 0 Å². The molecule has 2 aliphatic heterocycles. The number of Topliss-reactive ketones (excluding diaryl/α,β-unsaturated/α-hetero) is 1. The van der Waals surface area contributed by atoms with Gasteiger partial charge in [0.05, 0.1) is 26.4 Å². The third-order valence-electron chi connectivity index (χ3n) is 3.25. The molecule has 0 aliphatic carbocycles. The summed E-state index contributed by atoms with van der Waals surface area (Å²) in [6, 6.07) is 0.366. The number of morpholine rings is 1. The lowest BCUT2D eigenvalue weighted by atomic mass is 10.0. The number of carbonyl (C=O) groups excluding carboxylic acids is 1. The van der Waals surface area contributed by atoms with Gasteiger partial charge in [0.2, 0.25) is 0 Å². The zero-order valence-corrected chi connectivity index (χ0v) is 9.28. The van der Waals surface area contributed by atoms with Crippen molar-refractivity contribution in [2.24, 2.45) is 5.92 Å². The molecule has 2 fully saturated rings. The van der Waals surface area contributed by atoms with E-state index in [1.807, 2.05) is 0 Å². The fourth-order valence-corrected chi connectivity index (χ4v) is 2.11. The first kappa shape index (κ1) is 11.0. The Morgan fingerprint density at radius 3 is 2.80 bits per heavy atom. The fraction of sp³-hybridized carbons (Fsp3) is 0.909. The van der Waals surface area contributed by atoms with Crippen LogP contribution in [0.15, 0.2) is 0 Å². The number of carbonyl (C=O) groups is 1. The smallest absolute Gasteiger partial charge is 0.152 e. The van der Waals surface area contributed by atoms with Crippen molar-refractivity contribution in [2.45, 2.75) is 19.4 Å². The molecular formula is C11H19NO3. The molecule has 0 spiro atoms. The van der Waals surface area contributed by atoms with Gasteiger partial charge in [-0.3, -0.25) is 9.69 Å². The molecular weight excluding hydrogens is 194 g/mol. The van der Waals surface area contributed by atoms with Crippen molar-refractivity contribution in [3.8, 4) is 0 Å². The van der Waals surface area contributed by atoms with Gasteiger partial charge in [0.25, 0.3) is 0 Å². The number of hydrogen-bond donors (Lipinski definition) is 0. The molecule has 0 aromatic rings. The Balaban J connectivity index is 1.81. The molecule has 0 saturated carbocycles. The summed E-state index contributed by atoms with van der Waals surface area (Å²) in [6.07, 6.45) is 0.900. The van der Waals surface area contributed by atoms with Gasteiger partial charge < -0.3 is 9.47 Å². The summed E-state index contributed by atoms with van der Waals surface area (Å²) < 4.78 is 10.6. The maximum Gasteiger partial charge on any atom is 0.152 e. The van der Waals surface area contributed by atoms with E-state index >= 15 is 0 Å². The van der Waals surface area contributed by atoms with Gasteiger partial charge >= 0.3 is 0 Å². The molecule has 0 aromatic heterocycles. The summed E-state index contributed by atoms with van der Waals surface area (Å²) >= 11 is 0. The van der Waals surface area contributed by atoms with Crippen LogP contribution in [-0.2, 0) is 14.3 Å². The highest BCUT2D eigenvalue weighted by atomic mass is 16.5. The van der Waals surface area contributed by atoms with Crippen LogP contribution in [0.2, 0.25) is 0 Å². The first-order chi connectivity index (χ1) is 7.27. The van der Waals surface area contributed by atoms with Crippen LogP contribution in [0, 0.1) is 5.92 Å². The molecule has 0 radical (unpaired) electrons. The normalized spacial score (nSPS) is 33.1. The van der Waals surface area contributed by atoms with Crippen LogP contribution >= 0.6 is 0 Å². The van der Waals surface area contributed by atoms with Crippen LogP contribution in [0.5, 0.6) is 0 Å². The molecule has 0 bridgehead atoms. The summed E-state index contributed by atoms with van der Waals surface area (Å²) in [7, 11) is 0. The van der Waals surface area contributed by atoms with E-state index in [4.69, 9.17) is 9.47 Å². The van der Waals surface area contributed by atoms with E-state index in [1.54, 1.807) is 0 Å². The second kappa shape index (κ2) is 5.05. The first-order valence-corrected chi connectivity index (χ1v) is 5.69. The molecule has 4 heteroatoms. The molecule has 4 nitrogen and oxygen atoms in total. The van der Waals surface area contributed by atoms with Crippen LogP contribution < -0.4 is 0 Å². The lowest BCUT2D eigenvalue weighted by Crippen LogP contribution is -2.47. The number of nitrogens with zero attached hydrogens (tertiary/aromatic N) is 1. The molecule has 2 unspecified atom stereocenters. The van der Waals surface area contributed by atoms with Crippen LogP contribution in [0.3, 0.4) is 0 Å². The Morgan fingerprint density at radius 1 is 1.33 bits per heavy atom. The van der Waals surface area contributed by atoms with Crippen molar-refractivity contribution in [1.82, 2.24) is 4.90 Å². The second-order valence-electron chi connectivity index (χ2n) is 4.42. The average molecular weight is 213 g/mol. The molecule has 15 heavy (non-hydrogen) atoms. The van der Waals surface area contributed by atoms with Crippen molar-refractivity contribution in [3.63, 3.8) is 0 Å². The highest BCUT2D eigenvalue weighted by molar-refractivity contribution is 5.83. The molecule has 2 heterocycles. The van der Waals surface area contributed by atoms with Gasteiger partial charge in [-0.25, -0.2) is 0 Å². The van der Waals surface area contributed by atoms with E-state index in [1.165, 1.54) is 0 Å². The van der Waals surface area contributed by atoms with E-state index < -0.39 is 0 Å². The fourth-order valence-electron chi connectivity index (χ4n) is 2.11. The topological polar surface area (TPSA) is 38.8 Å². The number of rotatable bonds is 3. The minimum Gasteiger partial charge on any atom is -0.381 e. The first-order valence-electron chi connectivity index (χ1n) is 5.69. The highest BCUT2D eigenvalue weighted by Crippen LogP contribution is 2.15. The summed E-state index contributed by atoms with van der Waals surface area (Å²) in [5, 5.41) is 0. The molecule has 86 valence electrons. The van der Waals surface area contributed by atoms with E-state index in [0.717, 1.165) is 32.8 Å². The Bertz CT molecular complexity index is 226. The standard InChI is InChI=1S/C11H19NO3/c1-9-7-15-5-3-12(9)6-11(13)10-2-4-14-8-10/h9-10H,2-8H2,1H3. The number of hydrogen-bond acceptors (Lipinski definition) is 4. The Morgan fingerprint density at radius 2 is 2.13 bits per heavy atom. The zero-order chi connectivity index (χ0) is 10.7. The minimum absolute atomic E-state index is 0.139. The molecule has 2 atom stereocenters. The van der Waals surface area contributed by atoms with E-state index in [-0.39, 0.29) is 5.92 Å². The van der Waals surface area contributed by atoms with Crippen molar-refractivity contribution < 1.29 is 14.3 Å². The van der Waals surface area contributed by atoms with Crippen LogP contribution in [0.25, 0.3) is 0 Å². The van der Waals surface area contributed by atoms with Crippen molar-refractivity contribution in [3.05, 3.63) is 0 Å². The average Bonchev–Trinajstić information content (AvgIpc) is 2.74. The molecule has 2 rings (SSSR count). The lowest BCUT2D eigenvalue weighted by molar-refractivity contribution is -0.126. The summed E-state index contributed by atoms with van der Waals surface area (Å²) in [5.41, 5.74) is 0. The van der Waals surface area contributed by atoms with Crippen LogP contribution in [0.1, 0.15) is 13.3 Å². The summed E-state index contributed by atoms with van der Waals surface area (Å²) in [4.78, 5) is 14.1. The predicted molar refractivity (Wildman–Crippen MR) is 55.8 cm³/mol. The van der Waals surface area contributed by atoms with E-state index in [9.17, 15) is 4.79 Å². The number of ketones is 1. The van der Waals surface area contributed by atoms with Gasteiger partial charge in [0, 0.05) is 25.1 Å². The van der Waals surface area contributed by atoms with E-state index in [0.29, 0.717) is 25.0 Å². The summed E-state index contributed by atoms with van der Waals surface area (Å²) in [6.45, 7) is 6.41. The lowest BCUT2D eigenvalue weighted by Gasteiger charge is -2.33.